The molecule has 1 fully saturated rings. The van der Waals surface area contributed by atoms with Gasteiger partial charge < -0.3 is 15.0 Å². The Bertz CT molecular complexity index is 532. The number of thiazole rings is 1. The fraction of sp³-hybridized carbons (Fsp3) is 0.500. The van der Waals surface area contributed by atoms with Crippen molar-refractivity contribution < 1.29 is 4.74 Å². The summed E-state index contributed by atoms with van der Waals surface area (Å²) in [5, 5.41) is 2.53. The second-order valence-electron chi connectivity index (χ2n) is 4.47. The summed E-state index contributed by atoms with van der Waals surface area (Å²) >= 11 is 1.44. The van der Waals surface area contributed by atoms with Gasteiger partial charge in [-0.15, -0.1) is 11.3 Å². The van der Waals surface area contributed by atoms with Gasteiger partial charge in [0.2, 0.25) is 0 Å². The highest BCUT2D eigenvalue weighted by atomic mass is 32.1. The Hall–Kier alpha value is -1.44. The van der Waals surface area contributed by atoms with E-state index in [1.165, 1.54) is 11.3 Å². The normalized spacial score (nSPS) is 16.8. The molecule has 0 amide bonds. The van der Waals surface area contributed by atoms with Crippen LogP contribution in [0.4, 0.5) is 5.13 Å². The van der Waals surface area contributed by atoms with E-state index in [1.807, 2.05) is 17.8 Å². The van der Waals surface area contributed by atoms with Crippen LogP contribution in [0, 0.1) is 0 Å². The van der Waals surface area contributed by atoms with Gasteiger partial charge in [0.15, 0.2) is 11.0 Å². The number of hydrogen-bond acceptors (Lipinski definition) is 6. The second kappa shape index (κ2) is 5.68. The Morgan fingerprint density at radius 3 is 2.89 bits per heavy atom. The van der Waals surface area contributed by atoms with E-state index in [2.05, 4.69) is 19.4 Å². The lowest BCUT2D eigenvalue weighted by Crippen LogP contribution is -2.38. The zero-order valence-electron chi connectivity index (χ0n) is 10.7. The van der Waals surface area contributed by atoms with Crippen LogP contribution in [0.2, 0.25) is 0 Å². The monoisotopic (exact) mass is 279 g/mol. The van der Waals surface area contributed by atoms with Crippen molar-refractivity contribution in [1.82, 2.24) is 19.4 Å². The molecule has 1 aliphatic heterocycles. The third-order valence-corrected chi connectivity index (χ3v) is 3.90. The summed E-state index contributed by atoms with van der Waals surface area (Å²) in [7, 11) is 0. The van der Waals surface area contributed by atoms with E-state index in [9.17, 15) is 0 Å². The van der Waals surface area contributed by atoms with Crippen molar-refractivity contribution >= 4 is 16.5 Å². The number of nitrogens with two attached hydrogens (primary N) is 1. The van der Waals surface area contributed by atoms with Gasteiger partial charge in [-0.3, -0.25) is 4.90 Å². The smallest absolute Gasteiger partial charge is 0.180 e. The van der Waals surface area contributed by atoms with Gasteiger partial charge in [0.1, 0.15) is 5.69 Å². The molecule has 7 heteroatoms. The Kier molecular flexibility index (Phi) is 3.77. The van der Waals surface area contributed by atoms with E-state index < -0.39 is 0 Å². The summed E-state index contributed by atoms with van der Waals surface area (Å²) in [6.45, 7) is 5.60. The quantitative estimate of drug-likeness (QED) is 0.901. The van der Waals surface area contributed by atoms with E-state index in [0.29, 0.717) is 5.13 Å². The summed E-state index contributed by atoms with van der Waals surface area (Å²) in [5.74, 6) is 0.890. The third kappa shape index (κ3) is 2.94. The molecule has 1 saturated heterocycles. The topological polar surface area (TPSA) is 69.2 Å². The second-order valence-corrected chi connectivity index (χ2v) is 5.36. The first-order valence-electron chi connectivity index (χ1n) is 6.35. The van der Waals surface area contributed by atoms with Gasteiger partial charge in [0.25, 0.3) is 0 Å². The minimum Gasteiger partial charge on any atom is -0.379 e. The molecule has 3 heterocycles. The van der Waals surface area contributed by atoms with Gasteiger partial charge in [-0.05, 0) is 0 Å². The van der Waals surface area contributed by atoms with Crippen LogP contribution in [0.15, 0.2) is 17.8 Å². The molecule has 2 N–H and O–H groups in total. The number of aromatic nitrogens is 3. The average Bonchev–Trinajstić information content (AvgIpc) is 3.06. The Morgan fingerprint density at radius 1 is 1.32 bits per heavy atom. The van der Waals surface area contributed by atoms with E-state index in [0.717, 1.165) is 50.9 Å². The van der Waals surface area contributed by atoms with Crippen LogP contribution >= 0.6 is 11.3 Å². The van der Waals surface area contributed by atoms with Crippen LogP contribution in [-0.2, 0) is 11.3 Å². The minimum atomic E-state index is 0.581. The molecule has 0 bridgehead atoms. The SMILES string of the molecule is Nc1nc(-c2nccn2CCN2CCOCC2)cs1. The molecule has 0 radical (unpaired) electrons. The molecule has 1 aliphatic rings. The zero-order valence-corrected chi connectivity index (χ0v) is 11.5. The number of nitrogen functional groups attached to an aromatic ring is 1. The molecule has 0 saturated carbocycles. The van der Waals surface area contributed by atoms with Gasteiger partial charge in [-0.2, -0.15) is 0 Å². The van der Waals surface area contributed by atoms with Crippen LogP contribution in [0.5, 0.6) is 0 Å². The van der Waals surface area contributed by atoms with Gasteiger partial charge in [0, 0.05) is 44.0 Å². The highest BCUT2D eigenvalue weighted by molar-refractivity contribution is 7.13. The number of nitrogens with zero attached hydrogens (tertiary/aromatic N) is 4. The van der Waals surface area contributed by atoms with Crippen molar-refractivity contribution in [3.8, 4) is 11.5 Å². The molecule has 2 aromatic heterocycles. The Morgan fingerprint density at radius 2 is 2.16 bits per heavy atom. The van der Waals surface area contributed by atoms with Gasteiger partial charge in [-0.1, -0.05) is 0 Å². The molecule has 3 rings (SSSR count). The predicted octanol–water partition coefficient (Wildman–Crippen LogP) is 0.921. The lowest BCUT2D eigenvalue weighted by molar-refractivity contribution is 0.0364. The van der Waals surface area contributed by atoms with Crippen molar-refractivity contribution in [1.29, 1.82) is 0 Å². The molecule has 0 aliphatic carbocycles. The fourth-order valence-electron chi connectivity index (χ4n) is 2.19. The molecular weight excluding hydrogens is 262 g/mol. The first kappa shape index (κ1) is 12.6. The molecule has 2 aromatic rings. The number of imidazole rings is 1. The van der Waals surface area contributed by atoms with Crippen molar-refractivity contribution in [3.63, 3.8) is 0 Å². The standard InChI is InChI=1S/C12H17N5OS/c13-12-15-10(9-19-12)11-14-1-2-17(11)4-3-16-5-7-18-8-6-16/h1-2,9H,3-8H2,(H2,13,15). The van der Waals surface area contributed by atoms with Crippen LogP contribution < -0.4 is 5.73 Å². The van der Waals surface area contributed by atoms with Crippen molar-refractivity contribution in [2.24, 2.45) is 0 Å². The summed E-state index contributed by atoms with van der Waals surface area (Å²) in [6.07, 6.45) is 3.80. The first-order chi connectivity index (χ1) is 9.33. The first-order valence-corrected chi connectivity index (χ1v) is 7.23. The molecular formula is C12H17N5OS. The number of rotatable bonds is 4. The maximum absolute atomic E-state index is 5.67. The average molecular weight is 279 g/mol. The van der Waals surface area contributed by atoms with Crippen molar-refractivity contribution in [3.05, 3.63) is 17.8 Å². The largest absolute Gasteiger partial charge is 0.379 e. The molecule has 102 valence electrons. The van der Waals surface area contributed by atoms with Crippen LogP contribution in [0.3, 0.4) is 0 Å². The molecule has 19 heavy (non-hydrogen) atoms. The van der Waals surface area contributed by atoms with Crippen LogP contribution in [0.25, 0.3) is 11.5 Å². The lowest BCUT2D eigenvalue weighted by atomic mass is 10.4. The maximum Gasteiger partial charge on any atom is 0.180 e. The Balaban J connectivity index is 1.66. The minimum absolute atomic E-state index is 0.581. The van der Waals surface area contributed by atoms with Crippen molar-refractivity contribution in [2.75, 3.05) is 38.6 Å². The fourth-order valence-corrected chi connectivity index (χ4v) is 2.73. The highest BCUT2D eigenvalue weighted by Crippen LogP contribution is 2.21. The van der Waals surface area contributed by atoms with Gasteiger partial charge in [0.05, 0.1) is 13.2 Å². The summed E-state index contributed by atoms with van der Waals surface area (Å²) in [5.41, 5.74) is 6.53. The van der Waals surface area contributed by atoms with Crippen LogP contribution in [-0.4, -0.2) is 52.3 Å². The maximum atomic E-state index is 5.67. The molecule has 6 nitrogen and oxygen atoms in total. The number of anilines is 1. The predicted molar refractivity (Wildman–Crippen MR) is 75.0 cm³/mol. The van der Waals surface area contributed by atoms with E-state index in [1.54, 1.807) is 0 Å². The molecule has 0 spiro atoms. The number of morpholine rings is 1. The molecule has 0 unspecified atom stereocenters. The number of hydrogen-bond donors (Lipinski definition) is 1. The van der Waals surface area contributed by atoms with Crippen molar-refractivity contribution in [2.45, 2.75) is 6.54 Å². The van der Waals surface area contributed by atoms with Crippen LogP contribution in [0.1, 0.15) is 0 Å². The lowest BCUT2D eigenvalue weighted by Gasteiger charge is -2.26. The summed E-state index contributed by atoms with van der Waals surface area (Å²) < 4.78 is 7.48. The Labute approximate surface area is 115 Å². The van der Waals surface area contributed by atoms with Gasteiger partial charge in [-0.25, -0.2) is 9.97 Å². The highest BCUT2D eigenvalue weighted by Gasteiger charge is 2.13. The third-order valence-electron chi connectivity index (χ3n) is 3.23. The number of ether oxygens (including phenoxy) is 1. The summed E-state index contributed by atoms with van der Waals surface area (Å²) in [4.78, 5) is 11.1. The van der Waals surface area contributed by atoms with E-state index in [4.69, 9.17) is 10.5 Å². The zero-order chi connectivity index (χ0) is 13.1. The summed E-state index contributed by atoms with van der Waals surface area (Å²) in [6, 6.07) is 0. The molecule has 0 atom stereocenters. The molecule has 0 aromatic carbocycles. The van der Waals surface area contributed by atoms with E-state index in [-0.39, 0.29) is 0 Å². The van der Waals surface area contributed by atoms with Gasteiger partial charge >= 0.3 is 0 Å². The van der Waals surface area contributed by atoms with E-state index >= 15 is 0 Å².